The Morgan fingerprint density at radius 2 is 2.55 bits per heavy atom. The summed E-state index contributed by atoms with van der Waals surface area (Å²) in [5.74, 6) is 4.42. The third-order valence-electron chi connectivity index (χ3n) is 0.951. The standard InChI is InChI=1S/C4H7N5O2/c1-2-11-4(10)3-6-7-8-9(3)5/h2,5H2,1H3. The first-order valence-electron chi connectivity index (χ1n) is 2.96. The number of nitrogens with zero attached hydrogens (tertiary/aromatic N) is 4. The van der Waals surface area contributed by atoms with E-state index < -0.39 is 5.97 Å². The van der Waals surface area contributed by atoms with Crippen molar-refractivity contribution in [1.82, 2.24) is 20.3 Å². The average molecular weight is 157 g/mol. The molecule has 0 aliphatic rings. The van der Waals surface area contributed by atoms with Crippen LogP contribution in [0.3, 0.4) is 0 Å². The number of rotatable bonds is 2. The lowest BCUT2D eigenvalue weighted by molar-refractivity contribution is 0.0507. The van der Waals surface area contributed by atoms with E-state index in [2.05, 4.69) is 20.3 Å². The second kappa shape index (κ2) is 2.95. The summed E-state index contributed by atoms with van der Waals surface area (Å²) < 4.78 is 4.58. The molecule has 0 aliphatic heterocycles. The highest BCUT2D eigenvalue weighted by Gasteiger charge is 2.13. The van der Waals surface area contributed by atoms with E-state index in [0.29, 0.717) is 0 Å². The van der Waals surface area contributed by atoms with Crippen LogP contribution in [0.25, 0.3) is 0 Å². The van der Waals surface area contributed by atoms with E-state index in [-0.39, 0.29) is 12.4 Å². The number of hydrogen-bond acceptors (Lipinski definition) is 6. The first-order chi connectivity index (χ1) is 5.25. The predicted octanol–water partition coefficient (Wildman–Crippen LogP) is -1.44. The molecule has 0 unspecified atom stereocenters. The van der Waals surface area contributed by atoms with Gasteiger partial charge in [-0.15, -0.1) is 4.79 Å². The van der Waals surface area contributed by atoms with Crippen LogP contribution in [0.1, 0.15) is 17.5 Å². The van der Waals surface area contributed by atoms with Crippen LogP contribution < -0.4 is 5.84 Å². The third kappa shape index (κ3) is 1.42. The molecule has 1 heterocycles. The van der Waals surface area contributed by atoms with Crippen molar-refractivity contribution in [3.8, 4) is 0 Å². The van der Waals surface area contributed by atoms with Gasteiger partial charge in [-0.05, 0) is 17.4 Å². The summed E-state index contributed by atoms with van der Waals surface area (Å²) in [5, 5.41) is 9.75. The number of esters is 1. The first-order valence-corrected chi connectivity index (χ1v) is 2.96. The Balaban J connectivity index is 2.76. The minimum atomic E-state index is -0.625. The van der Waals surface area contributed by atoms with Crippen molar-refractivity contribution in [2.75, 3.05) is 12.4 Å². The van der Waals surface area contributed by atoms with Crippen LogP contribution in [0.4, 0.5) is 0 Å². The maximum atomic E-state index is 10.9. The summed E-state index contributed by atoms with van der Waals surface area (Å²) in [5.41, 5.74) is 0. The van der Waals surface area contributed by atoms with E-state index in [1.54, 1.807) is 6.92 Å². The number of tetrazole rings is 1. The number of nitrogens with two attached hydrogens (primary N) is 1. The number of carbonyl (C=O) groups excluding carboxylic acids is 1. The van der Waals surface area contributed by atoms with Gasteiger partial charge in [-0.1, -0.05) is 5.10 Å². The van der Waals surface area contributed by atoms with Crippen molar-refractivity contribution in [3.05, 3.63) is 5.82 Å². The zero-order chi connectivity index (χ0) is 8.27. The van der Waals surface area contributed by atoms with Crippen LogP contribution in [-0.4, -0.2) is 32.9 Å². The minimum absolute atomic E-state index is 0.105. The molecule has 0 spiro atoms. The highest BCUT2D eigenvalue weighted by molar-refractivity contribution is 5.85. The summed E-state index contributed by atoms with van der Waals surface area (Å²) in [7, 11) is 0. The van der Waals surface area contributed by atoms with Crippen molar-refractivity contribution in [2.45, 2.75) is 6.92 Å². The summed E-state index contributed by atoms with van der Waals surface area (Å²) in [6.07, 6.45) is 0. The van der Waals surface area contributed by atoms with Gasteiger partial charge in [0.15, 0.2) is 0 Å². The average Bonchev–Trinajstić information content (AvgIpc) is 2.36. The molecule has 0 amide bonds. The molecule has 2 N–H and O–H groups in total. The molecule has 0 fully saturated rings. The Hall–Kier alpha value is -1.66. The van der Waals surface area contributed by atoms with Crippen molar-refractivity contribution < 1.29 is 9.53 Å². The maximum absolute atomic E-state index is 10.9. The van der Waals surface area contributed by atoms with Gasteiger partial charge < -0.3 is 10.6 Å². The minimum Gasteiger partial charge on any atom is -0.460 e. The van der Waals surface area contributed by atoms with Crippen LogP contribution in [-0.2, 0) is 4.74 Å². The van der Waals surface area contributed by atoms with E-state index in [9.17, 15) is 4.79 Å². The van der Waals surface area contributed by atoms with Crippen molar-refractivity contribution >= 4 is 5.97 Å². The van der Waals surface area contributed by atoms with Crippen LogP contribution in [0.2, 0.25) is 0 Å². The summed E-state index contributed by atoms with van der Waals surface area (Å²) in [6.45, 7) is 1.95. The Bertz CT molecular complexity index is 257. The molecular formula is C4H7N5O2. The lowest BCUT2D eigenvalue weighted by Crippen LogP contribution is -2.20. The van der Waals surface area contributed by atoms with Gasteiger partial charge in [0.25, 0.3) is 5.82 Å². The molecule has 1 aromatic rings. The zero-order valence-corrected chi connectivity index (χ0v) is 5.89. The molecule has 7 heteroatoms. The molecule has 0 saturated heterocycles. The summed E-state index contributed by atoms with van der Waals surface area (Å²) in [4.78, 5) is 11.6. The Kier molecular flexibility index (Phi) is 2.00. The molecule has 0 radical (unpaired) electrons. The monoisotopic (exact) mass is 157 g/mol. The molecule has 0 bridgehead atoms. The van der Waals surface area contributed by atoms with Gasteiger partial charge in [0.2, 0.25) is 0 Å². The fourth-order valence-electron chi connectivity index (χ4n) is 0.524. The van der Waals surface area contributed by atoms with E-state index in [1.807, 2.05) is 0 Å². The van der Waals surface area contributed by atoms with E-state index in [0.717, 1.165) is 4.79 Å². The van der Waals surface area contributed by atoms with Gasteiger partial charge in [-0.3, -0.25) is 0 Å². The van der Waals surface area contributed by atoms with Gasteiger partial charge in [0.1, 0.15) is 0 Å². The molecule has 0 atom stereocenters. The summed E-state index contributed by atoms with van der Waals surface area (Å²) >= 11 is 0. The number of carbonyl (C=O) groups is 1. The number of hydrogen-bond donors (Lipinski definition) is 1. The molecular weight excluding hydrogens is 150 g/mol. The van der Waals surface area contributed by atoms with Gasteiger partial charge in [0, 0.05) is 0 Å². The van der Waals surface area contributed by atoms with E-state index in [1.165, 1.54) is 0 Å². The lowest BCUT2D eigenvalue weighted by Gasteiger charge is -1.96. The maximum Gasteiger partial charge on any atom is 0.380 e. The van der Waals surface area contributed by atoms with Crippen LogP contribution in [0, 0.1) is 0 Å². The third-order valence-corrected chi connectivity index (χ3v) is 0.951. The normalized spacial score (nSPS) is 9.55. The van der Waals surface area contributed by atoms with Crippen molar-refractivity contribution in [1.29, 1.82) is 0 Å². The molecule has 0 aromatic carbocycles. The van der Waals surface area contributed by atoms with Crippen LogP contribution in [0.5, 0.6) is 0 Å². The van der Waals surface area contributed by atoms with E-state index in [4.69, 9.17) is 5.84 Å². The quantitative estimate of drug-likeness (QED) is 0.417. The van der Waals surface area contributed by atoms with E-state index >= 15 is 0 Å². The smallest absolute Gasteiger partial charge is 0.380 e. The molecule has 0 saturated carbocycles. The fraction of sp³-hybridized carbons (Fsp3) is 0.500. The highest BCUT2D eigenvalue weighted by Crippen LogP contribution is 1.90. The van der Waals surface area contributed by atoms with Gasteiger partial charge in [0.05, 0.1) is 6.61 Å². The second-order valence-electron chi connectivity index (χ2n) is 1.67. The van der Waals surface area contributed by atoms with Crippen molar-refractivity contribution in [3.63, 3.8) is 0 Å². The first kappa shape index (κ1) is 7.45. The number of aromatic nitrogens is 4. The molecule has 60 valence electrons. The van der Waals surface area contributed by atoms with Crippen LogP contribution >= 0.6 is 0 Å². The van der Waals surface area contributed by atoms with Gasteiger partial charge >= 0.3 is 5.97 Å². The summed E-state index contributed by atoms with van der Waals surface area (Å²) in [6, 6.07) is 0. The van der Waals surface area contributed by atoms with Crippen LogP contribution in [0.15, 0.2) is 0 Å². The number of ether oxygens (including phenoxy) is 1. The lowest BCUT2D eigenvalue weighted by atomic mass is 10.6. The fourth-order valence-corrected chi connectivity index (χ4v) is 0.524. The zero-order valence-electron chi connectivity index (χ0n) is 5.89. The Morgan fingerprint density at radius 1 is 1.82 bits per heavy atom. The molecule has 1 rings (SSSR count). The molecule has 7 nitrogen and oxygen atoms in total. The molecule has 11 heavy (non-hydrogen) atoms. The second-order valence-corrected chi connectivity index (χ2v) is 1.67. The van der Waals surface area contributed by atoms with Gasteiger partial charge in [-0.2, -0.15) is 0 Å². The number of nitrogen functional groups attached to an aromatic ring is 1. The van der Waals surface area contributed by atoms with Crippen molar-refractivity contribution in [2.24, 2.45) is 0 Å². The Labute approximate surface area is 62.1 Å². The topological polar surface area (TPSA) is 95.9 Å². The predicted molar refractivity (Wildman–Crippen MR) is 33.9 cm³/mol. The molecule has 1 aromatic heterocycles. The molecule has 0 aliphatic carbocycles. The van der Waals surface area contributed by atoms with Gasteiger partial charge in [-0.25, -0.2) is 4.79 Å². The highest BCUT2D eigenvalue weighted by atomic mass is 16.5. The SMILES string of the molecule is CCOC(=O)c1nnnn1N. The largest absolute Gasteiger partial charge is 0.460 e. The Morgan fingerprint density at radius 3 is 3.00 bits per heavy atom.